The highest BCUT2D eigenvalue weighted by atomic mass is 16.6. The Morgan fingerprint density at radius 1 is 0.708 bits per heavy atom. The number of rotatable bonds is 32. The van der Waals surface area contributed by atoms with Gasteiger partial charge >= 0.3 is 0 Å². The second-order valence-electron chi connectivity index (χ2n) is 22.7. The first-order valence-corrected chi connectivity index (χ1v) is 27.9. The van der Waals surface area contributed by atoms with Crippen LogP contribution >= 0.6 is 0 Å². The molecule has 4 unspecified atom stereocenters. The van der Waals surface area contributed by atoms with Crippen molar-refractivity contribution < 1.29 is 18.9 Å². The number of hydrogen-bond acceptors (Lipinski definition) is 5. The molecule has 0 radical (unpaired) electrons. The van der Waals surface area contributed by atoms with E-state index in [1.54, 1.807) is 5.57 Å². The van der Waals surface area contributed by atoms with E-state index in [1.165, 1.54) is 140 Å². The molecule has 0 bridgehead atoms. The fourth-order valence-electron chi connectivity index (χ4n) is 13.8. The average molecular weight is 898 g/mol. The molecule has 1 aromatic rings. The number of benzene rings is 1. The van der Waals surface area contributed by atoms with Gasteiger partial charge < -0.3 is 18.9 Å². The minimum Gasteiger partial charge on any atom is -0.379 e. The van der Waals surface area contributed by atoms with Gasteiger partial charge in [0.1, 0.15) is 0 Å². The lowest BCUT2D eigenvalue weighted by molar-refractivity contribution is -0.0736. The summed E-state index contributed by atoms with van der Waals surface area (Å²) in [5, 5.41) is 0. The van der Waals surface area contributed by atoms with Crippen LogP contribution in [-0.4, -0.2) is 63.3 Å². The van der Waals surface area contributed by atoms with Crippen molar-refractivity contribution in [2.75, 3.05) is 46.2 Å². The van der Waals surface area contributed by atoms with Crippen LogP contribution in [0.4, 0.5) is 0 Å². The van der Waals surface area contributed by atoms with Gasteiger partial charge in [0.2, 0.25) is 0 Å². The lowest BCUT2D eigenvalue weighted by atomic mass is 9.47. The molecule has 1 aromatic carbocycles. The highest BCUT2D eigenvalue weighted by Crippen LogP contribution is 2.67. The summed E-state index contributed by atoms with van der Waals surface area (Å²) in [4.78, 5) is 2.51. The molecule has 0 spiro atoms. The van der Waals surface area contributed by atoms with Crippen LogP contribution in [0.2, 0.25) is 0 Å². The molecular formula is C60H99NO4. The number of allylic oxidation sites excluding steroid dienone is 5. The Hall–Kier alpha value is -1.76. The molecular weight excluding hydrogens is 799 g/mol. The predicted octanol–water partition coefficient (Wildman–Crippen LogP) is 15.7. The van der Waals surface area contributed by atoms with Crippen molar-refractivity contribution in [1.29, 1.82) is 0 Å². The Bertz CT molecular complexity index is 1540. The minimum atomic E-state index is 0.0461. The van der Waals surface area contributed by atoms with Gasteiger partial charge in [-0.15, -0.1) is 0 Å². The maximum atomic E-state index is 6.54. The summed E-state index contributed by atoms with van der Waals surface area (Å²) in [7, 11) is 0. The zero-order valence-corrected chi connectivity index (χ0v) is 43.0. The molecule has 3 saturated carbocycles. The molecule has 1 heterocycles. The third-order valence-corrected chi connectivity index (χ3v) is 17.6. The Balaban J connectivity index is 0.834. The fraction of sp³-hybridized carbons (Fsp3) is 0.800. The fourth-order valence-corrected chi connectivity index (χ4v) is 13.8. The van der Waals surface area contributed by atoms with Gasteiger partial charge in [-0.05, 0) is 147 Å². The third-order valence-electron chi connectivity index (χ3n) is 17.6. The van der Waals surface area contributed by atoms with Crippen LogP contribution in [0, 0.1) is 46.3 Å². The second-order valence-corrected chi connectivity index (χ2v) is 22.7. The first-order valence-electron chi connectivity index (χ1n) is 27.9. The zero-order chi connectivity index (χ0) is 45.7. The van der Waals surface area contributed by atoms with Crippen LogP contribution in [0.15, 0.2) is 60.2 Å². The van der Waals surface area contributed by atoms with Crippen molar-refractivity contribution in [3.05, 3.63) is 71.3 Å². The summed E-state index contributed by atoms with van der Waals surface area (Å²) in [5.41, 5.74) is 5.55. The molecule has 1 aliphatic heterocycles. The molecule has 0 amide bonds. The van der Waals surface area contributed by atoms with E-state index >= 15 is 0 Å². The van der Waals surface area contributed by atoms with E-state index in [0.717, 1.165) is 81.0 Å². The van der Waals surface area contributed by atoms with E-state index in [1.807, 2.05) is 0 Å². The lowest BCUT2D eigenvalue weighted by Gasteiger charge is -2.58. The van der Waals surface area contributed by atoms with Crippen molar-refractivity contribution in [3.63, 3.8) is 0 Å². The molecule has 0 aromatic heterocycles. The molecule has 65 heavy (non-hydrogen) atoms. The standard InChI is InChI=1S/C60H99NO4/c1-7-8-9-10-11-12-13-14-15-16-17-18-19-20-21-24-38-63-47-54(46-61-44-50-28-22-23-29-51(50)45-61)65-42-40-62-39-41-64-53-34-36-59(5)52(43-53)30-31-55-57-33-32-56(49(4)27-25-26-48(2)3)60(57,6)37-35-58(55)59/h11-12,14-15,22-23,28-30,48-49,53-58H,7-10,13,16-21,24-27,31-47H2,1-6H3/t49-,53+,54?,55?,56-,57?,58?,59+,60-/m1/s1. The topological polar surface area (TPSA) is 40.2 Å². The molecule has 9 atom stereocenters. The largest absolute Gasteiger partial charge is 0.379 e. The molecule has 5 nitrogen and oxygen atoms in total. The van der Waals surface area contributed by atoms with Gasteiger partial charge in [0.15, 0.2) is 0 Å². The molecule has 6 rings (SSSR count). The van der Waals surface area contributed by atoms with Crippen LogP contribution in [0.5, 0.6) is 0 Å². The number of ether oxygens (including phenoxy) is 4. The van der Waals surface area contributed by atoms with Crippen molar-refractivity contribution in [2.24, 2.45) is 46.3 Å². The second kappa shape index (κ2) is 28.0. The van der Waals surface area contributed by atoms with E-state index in [0.29, 0.717) is 50.0 Å². The first-order chi connectivity index (χ1) is 31.7. The molecule has 5 aliphatic rings. The molecule has 5 heteroatoms. The summed E-state index contributed by atoms with van der Waals surface area (Å²) in [5.74, 6) is 5.33. The summed E-state index contributed by atoms with van der Waals surface area (Å²) in [6, 6.07) is 8.85. The van der Waals surface area contributed by atoms with Gasteiger partial charge in [-0.25, -0.2) is 0 Å². The molecule has 0 saturated heterocycles. The highest BCUT2D eigenvalue weighted by molar-refractivity contribution is 5.30. The van der Waals surface area contributed by atoms with E-state index in [2.05, 4.69) is 101 Å². The summed E-state index contributed by atoms with van der Waals surface area (Å²) < 4.78 is 25.4. The Morgan fingerprint density at radius 2 is 1.43 bits per heavy atom. The lowest BCUT2D eigenvalue weighted by Crippen LogP contribution is -2.51. The molecule has 3 fully saturated rings. The maximum absolute atomic E-state index is 6.54. The molecule has 4 aliphatic carbocycles. The van der Waals surface area contributed by atoms with E-state index in [-0.39, 0.29) is 6.10 Å². The summed E-state index contributed by atoms with van der Waals surface area (Å²) >= 11 is 0. The SMILES string of the molecule is CCCCCC=CCC=CCCCCCCCCOCC(CN1Cc2ccccc2C1)OCCOCCO[C@H]1CC[C@@]2(C)C(=CCC3C2CC[C@@]2(C)C3CC[C@@H]2[C@H](C)CCCC(C)C)C1. The Kier molecular flexibility index (Phi) is 22.7. The van der Waals surface area contributed by atoms with Crippen LogP contribution in [0.1, 0.15) is 200 Å². The maximum Gasteiger partial charge on any atom is 0.0936 e. The minimum absolute atomic E-state index is 0.0461. The van der Waals surface area contributed by atoms with E-state index in [4.69, 9.17) is 18.9 Å². The molecule has 0 N–H and O–H groups in total. The molecule has 368 valence electrons. The summed E-state index contributed by atoms with van der Waals surface area (Å²) in [6.07, 6.45) is 42.7. The monoisotopic (exact) mass is 898 g/mol. The van der Waals surface area contributed by atoms with Crippen molar-refractivity contribution in [1.82, 2.24) is 4.90 Å². The number of unbranched alkanes of at least 4 members (excludes halogenated alkanes) is 9. The average Bonchev–Trinajstić information content (AvgIpc) is 3.88. The Morgan fingerprint density at radius 3 is 2.18 bits per heavy atom. The quantitative estimate of drug-likeness (QED) is 0.0532. The summed E-state index contributed by atoms with van der Waals surface area (Å²) in [6.45, 7) is 21.9. The smallest absolute Gasteiger partial charge is 0.0936 e. The Labute approximate surface area is 400 Å². The van der Waals surface area contributed by atoms with E-state index < -0.39 is 0 Å². The van der Waals surface area contributed by atoms with Crippen LogP contribution in [-0.2, 0) is 32.0 Å². The van der Waals surface area contributed by atoms with Gasteiger partial charge in [-0.3, -0.25) is 4.90 Å². The number of hydrogen-bond donors (Lipinski definition) is 0. The van der Waals surface area contributed by atoms with Crippen molar-refractivity contribution >= 4 is 0 Å². The zero-order valence-electron chi connectivity index (χ0n) is 43.0. The number of nitrogens with zero attached hydrogens (tertiary/aromatic N) is 1. The van der Waals surface area contributed by atoms with Crippen molar-refractivity contribution in [2.45, 2.75) is 215 Å². The van der Waals surface area contributed by atoms with Crippen LogP contribution in [0.25, 0.3) is 0 Å². The van der Waals surface area contributed by atoms with E-state index in [9.17, 15) is 0 Å². The van der Waals surface area contributed by atoms with Crippen LogP contribution < -0.4 is 0 Å². The van der Waals surface area contributed by atoms with Gasteiger partial charge in [-0.2, -0.15) is 0 Å². The van der Waals surface area contributed by atoms with Crippen LogP contribution in [0.3, 0.4) is 0 Å². The van der Waals surface area contributed by atoms with Gasteiger partial charge in [0.05, 0.1) is 45.2 Å². The van der Waals surface area contributed by atoms with Crippen molar-refractivity contribution in [3.8, 4) is 0 Å². The highest BCUT2D eigenvalue weighted by Gasteiger charge is 2.59. The van der Waals surface area contributed by atoms with Gasteiger partial charge in [0.25, 0.3) is 0 Å². The first kappa shape index (κ1) is 52.6. The van der Waals surface area contributed by atoms with Gasteiger partial charge in [-0.1, -0.05) is 160 Å². The number of fused-ring (bicyclic) bond motifs is 6. The third kappa shape index (κ3) is 15.9. The normalized spacial score (nSPS) is 28.7. The predicted molar refractivity (Wildman–Crippen MR) is 274 cm³/mol. The van der Waals surface area contributed by atoms with Gasteiger partial charge in [0, 0.05) is 26.2 Å².